The van der Waals surface area contributed by atoms with Crippen molar-refractivity contribution in [3.8, 4) is 0 Å². The lowest BCUT2D eigenvalue weighted by Crippen LogP contribution is -2.29. The molecular formula is C12H12BNO2S. The first kappa shape index (κ1) is 12.2. The lowest BCUT2D eigenvalue weighted by Gasteiger charge is -2.03. The molecule has 1 aromatic heterocycles. The van der Waals surface area contributed by atoms with E-state index in [4.69, 9.17) is 10.0 Å². The van der Waals surface area contributed by atoms with Gasteiger partial charge in [-0.3, -0.25) is 0 Å². The Kier molecular flexibility index (Phi) is 4.20. The van der Waals surface area contributed by atoms with Gasteiger partial charge in [0.25, 0.3) is 0 Å². The maximum atomic E-state index is 8.96. The lowest BCUT2D eigenvalue weighted by molar-refractivity contribution is 0.426. The Labute approximate surface area is 105 Å². The monoisotopic (exact) mass is 245 g/mol. The number of aromatic nitrogens is 1. The van der Waals surface area contributed by atoms with Gasteiger partial charge in [-0.25, -0.2) is 4.98 Å². The molecule has 2 rings (SSSR count). The molecule has 0 aliphatic heterocycles. The second-order valence-corrected chi connectivity index (χ2v) is 4.57. The van der Waals surface area contributed by atoms with Crippen LogP contribution < -0.4 is 5.46 Å². The maximum Gasteiger partial charge on any atom is 0.488 e. The van der Waals surface area contributed by atoms with E-state index in [1.54, 1.807) is 30.1 Å². The van der Waals surface area contributed by atoms with Gasteiger partial charge in [-0.15, -0.1) is 11.8 Å². The van der Waals surface area contributed by atoms with Crippen molar-refractivity contribution in [2.45, 2.75) is 10.8 Å². The maximum absolute atomic E-state index is 8.96. The standard InChI is InChI=1S/C12H12BNO2S/c15-13(16)11-6-4-10(5-7-11)9-17-12-3-1-2-8-14-12/h1-8,15-16H,9H2. The van der Waals surface area contributed by atoms with Crippen LogP contribution in [0.15, 0.2) is 53.7 Å². The predicted molar refractivity (Wildman–Crippen MR) is 70.1 cm³/mol. The third-order valence-corrected chi connectivity index (χ3v) is 3.32. The van der Waals surface area contributed by atoms with Crippen LogP contribution in [0.3, 0.4) is 0 Å². The largest absolute Gasteiger partial charge is 0.488 e. The molecule has 17 heavy (non-hydrogen) atoms. The van der Waals surface area contributed by atoms with Crippen LogP contribution >= 0.6 is 11.8 Å². The number of pyridine rings is 1. The minimum atomic E-state index is -1.40. The number of nitrogens with zero attached hydrogens (tertiary/aromatic N) is 1. The van der Waals surface area contributed by atoms with E-state index >= 15 is 0 Å². The summed E-state index contributed by atoms with van der Waals surface area (Å²) in [5.41, 5.74) is 1.64. The Morgan fingerprint density at radius 2 is 1.82 bits per heavy atom. The zero-order valence-corrected chi connectivity index (χ0v) is 9.97. The van der Waals surface area contributed by atoms with E-state index in [9.17, 15) is 0 Å². The zero-order chi connectivity index (χ0) is 12.1. The van der Waals surface area contributed by atoms with Gasteiger partial charge in [0.05, 0.1) is 5.03 Å². The van der Waals surface area contributed by atoms with Crippen LogP contribution in [0.25, 0.3) is 0 Å². The number of hydrogen-bond acceptors (Lipinski definition) is 4. The highest BCUT2D eigenvalue weighted by Gasteiger charge is 2.09. The van der Waals surface area contributed by atoms with E-state index in [-0.39, 0.29) is 0 Å². The first-order valence-corrected chi connectivity index (χ1v) is 6.23. The molecule has 0 spiro atoms. The molecule has 0 fully saturated rings. The molecule has 0 radical (unpaired) electrons. The summed E-state index contributed by atoms with van der Waals surface area (Å²) in [6.45, 7) is 0. The Balaban J connectivity index is 1.96. The molecule has 0 aliphatic carbocycles. The number of benzene rings is 1. The zero-order valence-electron chi connectivity index (χ0n) is 9.15. The number of hydrogen-bond donors (Lipinski definition) is 2. The topological polar surface area (TPSA) is 53.4 Å². The summed E-state index contributed by atoms with van der Waals surface area (Å²) in [5, 5.41) is 18.9. The van der Waals surface area contributed by atoms with E-state index in [1.165, 1.54) is 0 Å². The van der Waals surface area contributed by atoms with Crippen LogP contribution in [0, 0.1) is 0 Å². The molecular weight excluding hydrogens is 233 g/mol. The van der Waals surface area contributed by atoms with Crippen molar-refractivity contribution < 1.29 is 10.0 Å². The van der Waals surface area contributed by atoms with Crippen LogP contribution in [-0.2, 0) is 5.75 Å². The summed E-state index contributed by atoms with van der Waals surface area (Å²) in [4.78, 5) is 4.22. The Morgan fingerprint density at radius 3 is 2.41 bits per heavy atom. The highest BCUT2D eigenvalue weighted by molar-refractivity contribution is 7.98. The van der Waals surface area contributed by atoms with Gasteiger partial charge in [0.1, 0.15) is 0 Å². The average molecular weight is 245 g/mol. The van der Waals surface area contributed by atoms with Gasteiger partial charge >= 0.3 is 7.12 Å². The van der Waals surface area contributed by atoms with Gasteiger partial charge in [-0.1, -0.05) is 30.3 Å². The number of rotatable bonds is 4. The number of thioether (sulfide) groups is 1. The van der Waals surface area contributed by atoms with Gasteiger partial charge in [0, 0.05) is 11.9 Å². The van der Waals surface area contributed by atoms with E-state index in [2.05, 4.69) is 4.98 Å². The highest BCUT2D eigenvalue weighted by atomic mass is 32.2. The van der Waals surface area contributed by atoms with Crippen molar-refractivity contribution in [2.75, 3.05) is 0 Å². The van der Waals surface area contributed by atoms with E-state index in [0.717, 1.165) is 16.3 Å². The molecule has 0 atom stereocenters. The molecule has 0 unspecified atom stereocenters. The molecule has 3 nitrogen and oxygen atoms in total. The molecule has 1 aromatic carbocycles. The van der Waals surface area contributed by atoms with E-state index in [1.807, 2.05) is 30.3 Å². The molecule has 0 aliphatic rings. The van der Waals surface area contributed by atoms with Crippen molar-refractivity contribution >= 4 is 24.3 Å². The molecule has 0 saturated heterocycles. The molecule has 2 aromatic rings. The van der Waals surface area contributed by atoms with E-state index < -0.39 is 7.12 Å². The van der Waals surface area contributed by atoms with Crippen molar-refractivity contribution in [3.63, 3.8) is 0 Å². The fourth-order valence-corrected chi connectivity index (χ4v) is 2.19. The fraction of sp³-hybridized carbons (Fsp3) is 0.0833. The van der Waals surface area contributed by atoms with Gasteiger partial charge in [0.15, 0.2) is 0 Å². The second kappa shape index (κ2) is 5.86. The van der Waals surface area contributed by atoms with Crippen LogP contribution in [0.2, 0.25) is 0 Å². The van der Waals surface area contributed by atoms with Gasteiger partial charge < -0.3 is 10.0 Å². The molecule has 0 amide bonds. The minimum Gasteiger partial charge on any atom is -0.423 e. The van der Waals surface area contributed by atoms with Crippen molar-refractivity contribution in [1.29, 1.82) is 0 Å². The molecule has 0 saturated carbocycles. The molecule has 2 N–H and O–H groups in total. The molecule has 86 valence electrons. The van der Waals surface area contributed by atoms with Gasteiger partial charge in [0.2, 0.25) is 0 Å². The normalized spacial score (nSPS) is 10.2. The predicted octanol–water partition coefficient (Wildman–Crippen LogP) is 1.05. The SMILES string of the molecule is OB(O)c1ccc(CSc2ccccn2)cc1. The first-order chi connectivity index (χ1) is 8.25. The molecule has 0 bridgehead atoms. The fourth-order valence-electron chi connectivity index (χ4n) is 1.38. The van der Waals surface area contributed by atoms with Gasteiger partial charge in [-0.2, -0.15) is 0 Å². The summed E-state index contributed by atoms with van der Waals surface area (Å²) in [6.07, 6.45) is 1.77. The van der Waals surface area contributed by atoms with Crippen molar-refractivity contribution in [2.24, 2.45) is 0 Å². The summed E-state index contributed by atoms with van der Waals surface area (Å²) in [6, 6.07) is 13.0. The smallest absolute Gasteiger partial charge is 0.423 e. The molecule has 1 heterocycles. The van der Waals surface area contributed by atoms with Crippen molar-refractivity contribution in [3.05, 3.63) is 54.2 Å². The summed E-state index contributed by atoms with van der Waals surface area (Å²) in [5.74, 6) is 0.818. The Bertz CT molecular complexity index is 462. The first-order valence-electron chi connectivity index (χ1n) is 5.24. The quantitative estimate of drug-likeness (QED) is 0.624. The summed E-state index contributed by atoms with van der Waals surface area (Å²) >= 11 is 1.65. The average Bonchev–Trinajstić information content (AvgIpc) is 2.38. The van der Waals surface area contributed by atoms with Crippen LogP contribution in [0.4, 0.5) is 0 Å². The van der Waals surface area contributed by atoms with Crippen LogP contribution in [-0.4, -0.2) is 22.2 Å². The second-order valence-electron chi connectivity index (χ2n) is 3.57. The third-order valence-electron chi connectivity index (χ3n) is 2.30. The van der Waals surface area contributed by atoms with Gasteiger partial charge in [-0.05, 0) is 23.2 Å². The Morgan fingerprint density at radius 1 is 1.06 bits per heavy atom. The third kappa shape index (κ3) is 3.59. The van der Waals surface area contributed by atoms with Crippen LogP contribution in [0.1, 0.15) is 5.56 Å². The van der Waals surface area contributed by atoms with Crippen LogP contribution in [0.5, 0.6) is 0 Å². The summed E-state index contributed by atoms with van der Waals surface area (Å²) in [7, 11) is -1.40. The lowest BCUT2D eigenvalue weighted by atomic mass is 9.80. The van der Waals surface area contributed by atoms with Crippen molar-refractivity contribution in [1.82, 2.24) is 4.98 Å². The summed E-state index contributed by atoms with van der Waals surface area (Å²) < 4.78 is 0. The van der Waals surface area contributed by atoms with E-state index in [0.29, 0.717) is 5.46 Å². The molecule has 5 heteroatoms. The minimum absolute atomic E-state index is 0.511. The Hall–Kier alpha value is -1.30. The highest BCUT2D eigenvalue weighted by Crippen LogP contribution is 2.19.